The standard InChI is InChI=1S/C21H25BrN2O3S/c1-5-15-8-7-9-16(6-2)21(15)23-28(26,27)20-12-19-17(11-18(20)22)10-13(3)24(19)14(4)25/h7-9,11-13,23H,5-6,10H2,1-4H3/t13-/m0/s1. The van der Waals surface area contributed by atoms with E-state index in [4.69, 9.17) is 0 Å². The highest BCUT2D eigenvalue weighted by molar-refractivity contribution is 9.10. The van der Waals surface area contributed by atoms with Gasteiger partial charge in [0.25, 0.3) is 10.0 Å². The number of sulfonamides is 1. The quantitative estimate of drug-likeness (QED) is 0.698. The van der Waals surface area contributed by atoms with Crippen LogP contribution in [0.1, 0.15) is 44.4 Å². The first-order valence-corrected chi connectivity index (χ1v) is 11.7. The van der Waals surface area contributed by atoms with E-state index >= 15 is 0 Å². The maximum Gasteiger partial charge on any atom is 0.263 e. The van der Waals surface area contributed by atoms with Crippen LogP contribution in [-0.4, -0.2) is 20.4 Å². The number of carbonyl (C=O) groups excluding carboxylic acids is 1. The van der Waals surface area contributed by atoms with Gasteiger partial charge in [0.15, 0.2) is 0 Å². The van der Waals surface area contributed by atoms with Crippen molar-refractivity contribution in [3.8, 4) is 0 Å². The predicted molar refractivity (Wildman–Crippen MR) is 116 cm³/mol. The molecule has 1 N–H and O–H groups in total. The zero-order valence-corrected chi connectivity index (χ0v) is 18.9. The van der Waals surface area contributed by atoms with Crippen LogP contribution in [0.4, 0.5) is 11.4 Å². The number of carbonyl (C=O) groups is 1. The lowest BCUT2D eigenvalue weighted by atomic mass is 10.0. The van der Waals surface area contributed by atoms with Crippen LogP contribution < -0.4 is 9.62 Å². The van der Waals surface area contributed by atoms with Gasteiger partial charge in [0.1, 0.15) is 4.90 Å². The second-order valence-electron chi connectivity index (χ2n) is 7.12. The van der Waals surface area contributed by atoms with Crippen LogP contribution in [0, 0.1) is 0 Å². The number of aryl methyl sites for hydroxylation is 2. The number of rotatable bonds is 5. The van der Waals surface area contributed by atoms with E-state index in [1.54, 1.807) is 11.0 Å². The van der Waals surface area contributed by atoms with E-state index < -0.39 is 10.0 Å². The van der Waals surface area contributed by atoms with E-state index in [1.165, 1.54) is 6.92 Å². The molecule has 0 fully saturated rings. The smallest absolute Gasteiger partial charge is 0.263 e. The Bertz CT molecular complexity index is 1010. The largest absolute Gasteiger partial charge is 0.309 e. The fourth-order valence-corrected chi connectivity index (χ4v) is 6.12. The van der Waals surface area contributed by atoms with Gasteiger partial charge < -0.3 is 4.90 Å². The molecule has 7 heteroatoms. The maximum absolute atomic E-state index is 13.3. The Kier molecular flexibility index (Phi) is 5.87. The highest BCUT2D eigenvalue weighted by Crippen LogP contribution is 2.39. The lowest BCUT2D eigenvalue weighted by Crippen LogP contribution is -2.33. The molecule has 28 heavy (non-hydrogen) atoms. The Labute approximate surface area is 175 Å². The number of nitrogens with zero attached hydrogens (tertiary/aromatic N) is 1. The summed E-state index contributed by atoms with van der Waals surface area (Å²) in [6.07, 6.45) is 2.17. The van der Waals surface area contributed by atoms with Crippen LogP contribution in [0.3, 0.4) is 0 Å². The summed E-state index contributed by atoms with van der Waals surface area (Å²) in [6.45, 7) is 7.48. The normalized spacial score (nSPS) is 16.2. The van der Waals surface area contributed by atoms with E-state index in [-0.39, 0.29) is 16.8 Å². The van der Waals surface area contributed by atoms with Crippen molar-refractivity contribution in [2.45, 2.75) is 57.9 Å². The van der Waals surface area contributed by atoms with Gasteiger partial charge in [-0.1, -0.05) is 32.0 Å². The van der Waals surface area contributed by atoms with Gasteiger partial charge in [0.2, 0.25) is 5.91 Å². The number of fused-ring (bicyclic) bond motifs is 1. The van der Waals surface area contributed by atoms with Crippen molar-refractivity contribution < 1.29 is 13.2 Å². The van der Waals surface area contributed by atoms with Gasteiger partial charge in [-0.15, -0.1) is 0 Å². The minimum atomic E-state index is -3.83. The zero-order chi connectivity index (χ0) is 20.6. The third-order valence-corrected chi connectivity index (χ3v) is 7.52. The molecular weight excluding hydrogens is 440 g/mol. The molecule has 150 valence electrons. The number of benzene rings is 2. The average Bonchev–Trinajstić information content (AvgIpc) is 2.95. The molecule has 0 radical (unpaired) electrons. The van der Waals surface area contributed by atoms with Crippen molar-refractivity contribution in [1.82, 2.24) is 0 Å². The second-order valence-corrected chi connectivity index (χ2v) is 9.62. The lowest BCUT2D eigenvalue weighted by Gasteiger charge is -2.22. The Morgan fingerprint density at radius 1 is 1.21 bits per heavy atom. The van der Waals surface area contributed by atoms with Gasteiger partial charge >= 0.3 is 0 Å². The second kappa shape index (κ2) is 7.87. The fourth-order valence-electron chi connectivity index (χ4n) is 3.87. The molecule has 0 unspecified atom stereocenters. The lowest BCUT2D eigenvalue weighted by molar-refractivity contribution is -0.116. The molecule has 2 aromatic rings. The molecular formula is C21H25BrN2O3S. The van der Waals surface area contributed by atoms with Crippen molar-refractivity contribution in [3.05, 3.63) is 51.5 Å². The summed E-state index contributed by atoms with van der Waals surface area (Å²) in [5, 5.41) is 0. The van der Waals surface area contributed by atoms with Crippen molar-refractivity contribution in [2.75, 3.05) is 9.62 Å². The van der Waals surface area contributed by atoms with Gasteiger partial charge in [0.05, 0.1) is 5.69 Å². The number of amides is 1. The van der Waals surface area contributed by atoms with Gasteiger partial charge in [-0.3, -0.25) is 9.52 Å². The topological polar surface area (TPSA) is 66.5 Å². The van der Waals surface area contributed by atoms with E-state index in [0.29, 0.717) is 22.3 Å². The van der Waals surface area contributed by atoms with Crippen LogP contribution in [0.2, 0.25) is 0 Å². The number of halogens is 1. The molecule has 0 aliphatic carbocycles. The monoisotopic (exact) mass is 464 g/mol. The summed E-state index contributed by atoms with van der Waals surface area (Å²) in [6, 6.07) is 9.26. The molecule has 1 atom stereocenters. The molecule has 1 heterocycles. The Morgan fingerprint density at radius 3 is 2.36 bits per heavy atom. The van der Waals surface area contributed by atoms with Gasteiger partial charge in [-0.2, -0.15) is 0 Å². The molecule has 3 rings (SSSR count). The maximum atomic E-state index is 13.3. The number of hydrogen-bond acceptors (Lipinski definition) is 3. The first-order valence-electron chi connectivity index (χ1n) is 9.45. The van der Waals surface area contributed by atoms with Crippen molar-refractivity contribution in [1.29, 1.82) is 0 Å². The van der Waals surface area contributed by atoms with Crippen LogP contribution in [-0.2, 0) is 34.1 Å². The number of para-hydroxylation sites is 1. The summed E-state index contributed by atoms with van der Waals surface area (Å²) in [5.74, 6) is -0.0884. The van der Waals surface area contributed by atoms with Crippen molar-refractivity contribution in [2.24, 2.45) is 0 Å². The Morgan fingerprint density at radius 2 is 1.82 bits per heavy atom. The van der Waals surface area contributed by atoms with Crippen LogP contribution >= 0.6 is 15.9 Å². The molecule has 2 aromatic carbocycles. The summed E-state index contributed by atoms with van der Waals surface area (Å²) in [7, 11) is -3.83. The molecule has 0 saturated carbocycles. The fraction of sp³-hybridized carbons (Fsp3) is 0.381. The van der Waals surface area contributed by atoms with Gasteiger partial charge in [-0.25, -0.2) is 8.42 Å². The molecule has 5 nitrogen and oxygen atoms in total. The third-order valence-electron chi connectivity index (χ3n) is 5.21. The molecule has 1 aliphatic rings. The van der Waals surface area contributed by atoms with E-state index in [0.717, 1.165) is 29.5 Å². The van der Waals surface area contributed by atoms with Crippen LogP contribution in [0.25, 0.3) is 0 Å². The molecule has 0 saturated heterocycles. The summed E-state index contributed by atoms with van der Waals surface area (Å²) in [4.78, 5) is 13.9. The molecule has 1 amide bonds. The third kappa shape index (κ3) is 3.70. The zero-order valence-electron chi connectivity index (χ0n) is 16.5. The van der Waals surface area contributed by atoms with E-state index in [9.17, 15) is 13.2 Å². The van der Waals surface area contributed by atoms with Crippen LogP contribution in [0.5, 0.6) is 0 Å². The minimum absolute atomic E-state index is 0.0119. The Hall–Kier alpha value is -1.86. The molecule has 0 bridgehead atoms. The average molecular weight is 465 g/mol. The van der Waals surface area contributed by atoms with Crippen molar-refractivity contribution in [3.63, 3.8) is 0 Å². The van der Waals surface area contributed by atoms with Crippen LogP contribution in [0.15, 0.2) is 39.7 Å². The van der Waals surface area contributed by atoms with E-state index in [1.807, 2.05) is 45.0 Å². The highest BCUT2D eigenvalue weighted by Gasteiger charge is 2.32. The summed E-state index contributed by atoms with van der Waals surface area (Å²) >= 11 is 3.42. The van der Waals surface area contributed by atoms with Gasteiger partial charge in [0, 0.05) is 23.1 Å². The molecule has 1 aliphatic heterocycles. The predicted octanol–water partition coefficient (Wildman–Crippen LogP) is 4.67. The van der Waals surface area contributed by atoms with Gasteiger partial charge in [-0.05, 0) is 70.9 Å². The van der Waals surface area contributed by atoms with E-state index in [2.05, 4.69) is 20.7 Å². The Balaban J connectivity index is 2.09. The summed E-state index contributed by atoms with van der Waals surface area (Å²) in [5.41, 5.74) is 4.20. The molecule has 0 spiro atoms. The SMILES string of the molecule is CCc1cccc(CC)c1NS(=O)(=O)c1cc2c(cc1Br)C[C@H](C)N2C(C)=O. The summed E-state index contributed by atoms with van der Waals surface area (Å²) < 4.78 is 29.8. The first kappa shape index (κ1) is 20.9. The number of hydrogen-bond donors (Lipinski definition) is 1. The first-order chi connectivity index (χ1) is 13.2. The minimum Gasteiger partial charge on any atom is -0.309 e. The number of nitrogens with one attached hydrogen (secondary N) is 1. The molecule has 0 aromatic heterocycles. The highest BCUT2D eigenvalue weighted by atomic mass is 79.9. The number of anilines is 2. The van der Waals surface area contributed by atoms with Crippen molar-refractivity contribution >= 4 is 43.2 Å².